The average molecular weight is 368 g/mol. The topological polar surface area (TPSA) is 44.5 Å². The van der Waals surface area contributed by atoms with Gasteiger partial charge in [-0.15, -0.1) is 13.2 Å². The molecule has 2 rings (SSSR count). The van der Waals surface area contributed by atoms with Gasteiger partial charge in [-0.25, -0.2) is 0 Å². The van der Waals surface area contributed by atoms with Crippen LogP contribution in [0.5, 0.6) is 11.5 Å². The van der Waals surface area contributed by atoms with Crippen LogP contribution in [-0.4, -0.2) is 18.5 Å². The molecular formula is C14H17BrF3NO2. The van der Waals surface area contributed by atoms with E-state index in [1.807, 2.05) is 6.92 Å². The summed E-state index contributed by atoms with van der Waals surface area (Å²) in [6, 6.07) is 4.26. The summed E-state index contributed by atoms with van der Waals surface area (Å²) >= 11 is 3.06. The van der Waals surface area contributed by atoms with Crippen LogP contribution in [0.15, 0.2) is 22.7 Å². The van der Waals surface area contributed by atoms with Gasteiger partial charge in [0.15, 0.2) is 0 Å². The lowest BCUT2D eigenvalue weighted by Gasteiger charge is -2.51. The Kier molecular flexibility index (Phi) is 4.44. The maximum Gasteiger partial charge on any atom is 0.573 e. The zero-order valence-electron chi connectivity index (χ0n) is 11.7. The Hall–Kier alpha value is -0.950. The third-order valence-corrected chi connectivity index (χ3v) is 4.84. The summed E-state index contributed by atoms with van der Waals surface area (Å²) in [5.74, 6) is 0.200. The van der Waals surface area contributed by atoms with Gasteiger partial charge < -0.3 is 15.2 Å². The molecule has 1 fully saturated rings. The van der Waals surface area contributed by atoms with Gasteiger partial charge in [0.2, 0.25) is 0 Å². The largest absolute Gasteiger partial charge is 0.573 e. The Morgan fingerprint density at radius 3 is 2.57 bits per heavy atom. The minimum atomic E-state index is -4.72. The predicted octanol–water partition coefficient (Wildman–Crippen LogP) is 4.24. The zero-order valence-corrected chi connectivity index (χ0v) is 13.3. The first-order valence-corrected chi connectivity index (χ1v) is 7.42. The molecule has 0 aliphatic heterocycles. The van der Waals surface area contributed by atoms with Crippen LogP contribution in [0.3, 0.4) is 0 Å². The first-order valence-electron chi connectivity index (χ1n) is 6.63. The highest BCUT2D eigenvalue weighted by Crippen LogP contribution is 2.45. The van der Waals surface area contributed by atoms with Crippen molar-refractivity contribution in [1.82, 2.24) is 0 Å². The van der Waals surface area contributed by atoms with Gasteiger partial charge in [0.25, 0.3) is 0 Å². The lowest BCUT2D eigenvalue weighted by molar-refractivity contribution is -0.274. The summed E-state index contributed by atoms with van der Waals surface area (Å²) in [5.41, 5.74) is 5.90. The van der Waals surface area contributed by atoms with Gasteiger partial charge in [0, 0.05) is 17.9 Å². The van der Waals surface area contributed by atoms with Crippen molar-refractivity contribution in [3.8, 4) is 11.5 Å². The van der Waals surface area contributed by atoms with Crippen LogP contribution in [0.4, 0.5) is 13.2 Å². The molecule has 1 saturated carbocycles. The standard InChI is InChI=1S/C14H17BrF3NO2/c1-3-13(2)11(19)7-12(13)20-8-4-5-10(9(15)6-8)21-14(16,17)18/h4-6,11-12H,3,7,19H2,1-2H3. The molecule has 7 heteroatoms. The van der Waals surface area contributed by atoms with E-state index >= 15 is 0 Å². The van der Waals surface area contributed by atoms with E-state index in [0.29, 0.717) is 5.75 Å². The molecule has 3 atom stereocenters. The molecule has 118 valence electrons. The van der Waals surface area contributed by atoms with Gasteiger partial charge >= 0.3 is 6.36 Å². The second kappa shape index (κ2) is 5.68. The summed E-state index contributed by atoms with van der Waals surface area (Å²) in [5, 5.41) is 0. The van der Waals surface area contributed by atoms with Gasteiger partial charge in [0.1, 0.15) is 17.6 Å². The maximum atomic E-state index is 12.2. The van der Waals surface area contributed by atoms with Crippen molar-refractivity contribution >= 4 is 15.9 Å². The molecule has 0 amide bonds. The SMILES string of the molecule is CCC1(C)C(N)CC1Oc1ccc(OC(F)(F)F)c(Br)c1. The lowest BCUT2D eigenvalue weighted by Crippen LogP contribution is -2.61. The van der Waals surface area contributed by atoms with E-state index in [9.17, 15) is 13.2 Å². The fourth-order valence-corrected chi connectivity index (χ4v) is 2.89. The van der Waals surface area contributed by atoms with Crippen LogP contribution >= 0.6 is 15.9 Å². The molecule has 1 aliphatic carbocycles. The fourth-order valence-electron chi connectivity index (χ4n) is 2.45. The summed E-state index contributed by atoms with van der Waals surface area (Å²) in [7, 11) is 0. The van der Waals surface area contributed by atoms with Crippen molar-refractivity contribution in [2.24, 2.45) is 11.1 Å². The van der Waals surface area contributed by atoms with Crippen LogP contribution < -0.4 is 15.2 Å². The summed E-state index contributed by atoms with van der Waals surface area (Å²) in [6.07, 6.45) is -3.12. The monoisotopic (exact) mass is 367 g/mol. The minimum absolute atomic E-state index is 0.0289. The first kappa shape index (κ1) is 16.4. The van der Waals surface area contributed by atoms with Gasteiger partial charge in [-0.2, -0.15) is 0 Å². The molecule has 0 saturated heterocycles. The lowest BCUT2D eigenvalue weighted by atomic mass is 9.62. The summed E-state index contributed by atoms with van der Waals surface area (Å²) in [4.78, 5) is 0. The molecular weight excluding hydrogens is 351 g/mol. The number of nitrogens with two attached hydrogens (primary N) is 1. The molecule has 0 spiro atoms. The van der Waals surface area contributed by atoms with E-state index in [4.69, 9.17) is 10.5 Å². The van der Waals surface area contributed by atoms with E-state index in [0.717, 1.165) is 12.8 Å². The molecule has 1 aromatic rings. The first-order chi connectivity index (χ1) is 9.65. The van der Waals surface area contributed by atoms with Crippen molar-refractivity contribution in [3.05, 3.63) is 22.7 Å². The van der Waals surface area contributed by atoms with E-state index in [2.05, 4.69) is 27.6 Å². The van der Waals surface area contributed by atoms with Crippen molar-refractivity contribution in [1.29, 1.82) is 0 Å². The Bertz CT molecular complexity index is 523. The Labute approximate surface area is 129 Å². The van der Waals surface area contributed by atoms with Crippen LogP contribution in [0, 0.1) is 5.41 Å². The quantitative estimate of drug-likeness (QED) is 0.865. The number of rotatable bonds is 4. The van der Waals surface area contributed by atoms with Crippen LogP contribution in [0.1, 0.15) is 26.7 Å². The minimum Gasteiger partial charge on any atom is -0.490 e. The number of alkyl halides is 3. The van der Waals surface area contributed by atoms with Crippen LogP contribution in [0.2, 0.25) is 0 Å². The molecule has 3 nitrogen and oxygen atoms in total. The number of benzene rings is 1. The number of hydrogen-bond acceptors (Lipinski definition) is 3. The Morgan fingerprint density at radius 2 is 2.10 bits per heavy atom. The molecule has 1 aromatic carbocycles. The van der Waals surface area contributed by atoms with Crippen molar-refractivity contribution < 1.29 is 22.6 Å². The Balaban J connectivity index is 2.08. The number of halogens is 4. The summed E-state index contributed by atoms with van der Waals surface area (Å²) < 4.78 is 46.5. The number of ether oxygens (including phenoxy) is 2. The van der Waals surface area contributed by atoms with Crippen LogP contribution in [-0.2, 0) is 0 Å². The average Bonchev–Trinajstić information content (AvgIpc) is 2.39. The van der Waals surface area contributed by atoms with Crippen molar-refractivity contribution in [2.75, 3.05) is 0 Å². The molecule has 0 radical (unpaired) electrons. The molecule has 1 aliphatic rings. The van der Waals surface area contributed by atoms with E-state index in [-0.39, 0.29) is 27.8 Å². The third-order valence-electron chi connectivity index (χ3n) is 4.22. The van der Waals surface area contributed by atoms with Crippen molar-refractivity contribution in [2.45, 2.75) is 45.2 Å². The second-order valence-electron chi connectivity index (χ2n) is 5.45. The highest BCUT2D eigenvalue weighted by atomic mass is 79.9. The zero-order chi connectivity index (χ0) is 15.8. The highest BCUT2D eigenvalue weighted by Gasteiger charge is 2.50. The molecule has 3 unspecified atom stereocenters. The van der Waals surface area contributed by atoms with Gasteiger partial charge in [-0.1, -0.05) is 13.8 Å². The predicted molar refractivity (Wildman–Crippen MR) is 76.2 cm³/mol. The van der Waals surface area contributed by atoms with E-state index < -0.39 is 6.36 Å². The molecule has 0 aromatic heterocycles. The van der Waals surface area contributed by atoms with E-state index in [1.54, 1.807) is 0 Å². The molecule has 0 heterocycles. The molecule has 0 bridgehead atoms. The number of hydrogen-bond donors (Lipinski definition) is 1. The van der Waals surface area contributed by atoms with Gasteiger partial charge in [-0.3, -0.25) is 0 Å². The second-order valence-corrected chi connectivity index (χ2v) is 6.30. The normalized spacial score (nSPS) is 28.9. The molecule has 2 N–H and O–H groups in total. The highest BCUT2D eigenvalue weighted by molar-refractivity contribution is 9.10. The van der Waals surface area contributed by atoms with Gasteiger partial charge in [-0.05, 0) is 40.5 Å². The third kappa shape index (κ3) is 3.45. The summed E-state index contributed by atoms with van der Waals surface area (Å²) in [6.45, 7) is 4.10. The van der Waals surface area contributed by atoms with Gasteiger partial charge in [0.05, 0.1) is 4.47 Å². The maximum absolute atomic E-state index is 12.2. The Morgan fingerprint density at radius 1 is 1.43 bits per heavy atom. The van der Waals surface area contributed by atoms with E-state index in [1.165, 1.54) is 18.2 Å². The smallest absolute Gasteiger partial charge is 0.490 e. The molecule has 21 heavy (non-hydrogen) atoms. The van der Waals surface area contributed by atoms with Crippen molar-refractivity contribution in [3.63, 3.8) is 0 Å². The van der Waals surface area contributed by atoms with Crippen LogP contribution in [0.25, 0.3) is 0 Å². The fraction of sp³-hybridized carbons (Fsp3) is 0.571.